The lowest BCUT2D eigenvalue weighted by Gasteiger charge is -2.44. The van der Waals surface area contributed by atoms with Crippen molar-refractivity contribution < 1.29 is 0 Å². The highest BCUT2D eigenvalue weighted by Gasteiger charge is 2.29. The van der Waals surface area contributed by atoms with Gasteiger partial charge in [0.15, 0.2) is 0 Å². The fourth-order valence-corrected chi connectivity index (χ4v) is 6.00. The summed E-state index contributed by atoms with van der Waals surface area (Å²) in [4.78, 5) is 16.8. The van der Waals surface area contributed by atoms with Gasteiger partial charge < -0.3 is 9.80 Å². The number of aromatic nitrogens is 2. The molecule has 0 bridgehead atoms. The minimum atomic E-state index is 0.617. The number of pyridine rings is 2. The molecule has 4 heterocycles. The second kappa shape index (κ2) is 9.21. The van der Waals surface area contributed by atoms with Crippen molar-refractivity contribution in [3.63, 3.8) is 0 Å². The molecule has 6 rings (SSSR count). The van der Waals surface area contributed by atoms with Gasteiger partial charge in [-0.3, -0.25) is 14.9 Å². The highest BCUT2D eigenvalue weighted by atomic mass is 35.5. The molecule has 2 saturated heterocycles. The van der Waals surface area contributed by atoms with Crippen LogP contribution in [0.1, 0.15) is 12.8 Å². The van der Waals surface area contributed by atoms with Crippen molar-refractivity contribution in [1.82, 2.24) is 14.9 Å². The van der Waals surface area contributed by atoms with Crippen LogP contribution in [0.4, 0.5) is 11.4 Å². The molecule has 7 heteroatoms. The van der Waals surface area contributed by atoms with Crippen molar-refractivity contribution in [2.24, 2.45) is 0 Å². The Labute approximate surface area is 209 Å². The first-order chi connectivity index (χ1) is 16.7. The quantitative estimate of drug-likeness (QED) is 0.357. The topological polar surface area (TPSA) is 35.5 Å². The van der Waals surface area contributed by atoms with Crippen LogP contribution in [0, 0.1) is 0 Å². The van der Waals surface area contributed by atoms with Crippen molar-refractivity contribution in [1.29, 1.82) is 0 Å². The Hall–Kier alpha value is -2.60. The molecule has 5 nitrogen and oxygen atoms in total. The minimum absolute atomic E-state index is 0.617. The van der Waals surface area contributed by atoms with Crippen LogP contribution in [0.25, 0.3) is 21.8 Å². The summed E-state index contributed by atoms with van der Waals surface area (Å²) >= 11 is 12.8. The summed E-state index contributed by atoms with van der Waals surface area (Å²) in [6.45, 7) is 6.17. The molecule has 2 aliphatic heterocycles. The van der Waals surface area contributed by atoms with Gasteiger partial charge in [-0.1, -0.05) is 35.3 Å². The molecule has 0 unspecified atom stereocenters. The summed E-state index contributed by atoms with van der Waals surface area (Å²) in [6, 6.07) is 16.8. The number of halogens is 2. The summed E-state index contributed by atoms with van der Waals surface area (Å²) in [5, 5.41) is 3.75. The molecule has 0 N–H and O–H groups in total. The summed E-state index contributed by atoms with van der Waals surface area (Å²) in [5.41, 5.74) is 4.39. The minimum Gasteiger partial charge on any atom is -0.370 e. The van der Waals surface area contributed by atoms with Crippen LogP contribution in [0.15, 0.2) is 60.9 Å². The lowest BCUT2D eigenvalue weighted by Crippen LogP contribution is -2.53. The number of fused-ring (bicyclic) bond motifs is 2. The Bertz CT molecular complexity index is 1220. The van der Waals surface area contributed by atoms with E-state index in [1.807, 2.05) is 36.7 Å². The molecule has 0 spiro atoms. The van der Waals surface area contributed by atoms with Crippen LogP contribution >= 0.6 is 23.2 Å². The van der Waals surface area contributed by atoms with E-state index in [2.05, 4.69) is 48.9 Å². The zero-order valence-electron chi connectivity index (χ0n) is 19.0. The maximum absolute atomic E-state index is 6.42. The van der Waals surface area contributed by atoms with Crippen LogP contribution in [-0.4, -0.2) is 60.2 Å². The van der Waals surface area contributed by atoms with Gasteiger partial charge >= 0.3 is 0 Å². The van der Waals surface area contributed by atoms with Gasteiger partial charge in [-0.2, -0.15) is 0 Å². The summed E-state index contributed by atoms with van der Waals surface area (Å²) < 4.78 is 0. The van der Waals surface area contributed by atoms with Crippen molar-refractivity contribution in [3.05, 3.63) is 71.0 Å². The molecular weight excluding hydrogens is 465 g/mol. The second-order valence-electron chi connectivity index (χ2n) is 9.24. The second-order valence-corrected chi connectivity index (χ2v) is 10.1. The van der Waals surface area contributed by atoms with Gasteiger partial charge in [0, 0.05) is 78.5 Å². The molecule has 0 aliphatic carbocycles. The molecule has 0 atom stereocenters. The number of anilines is 2. The number of piperidine rings is 1. The molecule has 174 valence electrons. The number of benzene rings is 2. The molecular formula is C27H27Cl2N5. The Morgan fingerprint density at radius 3 is 1.68 bits per heavy atom. The number of rotatable bonds is 3. The van der Waals surface area contributed by atoms with E-state index in [9.17, 15) is 0 Å². The molecule has 0 saturated carbocycles. The first-order valence-electron chi connectivity index (χ1n) is 12.0. The zero-order valence-corrected chi connectivity index (χ0v) is 20.5. The van der Waals surface area contributed by atoms with Crippen LogP contribution in [0.2, 0.25) is 10.0 Å². The average molecular weight is 492 g/mol. The van der Waals surface area contributed by atoms with Gasteiger partial charge in [0.05, 0.1) is 22.4 Å². The first kappa shape index (κ1) is 21.9. The molecule has 2 aromatic carbocycles. The fraction of sp³-hybridized carbons (Fsp3) is 0.333. The van der Waals surface area contributed by atoms with Gasteiger partial charge in [-0.15, -0.1) is 0 Å². The Morgan fingerprint density at radius 1 is 0.647 bits per heavy atom. The van der Waals surface area contributed by atoms with Crippen molar-refractivity contribution in [2.75, 3.05) is 49.1 Å². The lowest BCUT2D eigenvalue weighted by molar-refractivity contribution is 0.160. The van der Waals surface area contributed by atoms with E-state index in [-0.39, 0.29) is 0 Å². The van der Waals surface area contributed by atoms with Gasteiger partial charge in [-0.25, -0.2) is 0 Å². The van der Waals surface area contributed by atoms with Crippen LogP contribution < -0.4 is 9.80 Å². The smallest absolute Gasteiger partial charge is 0.0936 e. The predicted octanol–water partition coefficient (Wildman–Crippen LogP) is 5.88. The highest BCUT2D eigenvalue weighted by molar-refractivity contribution is 6.32. The van der Waals surface area contributed by atoms with E-state index >= 15 is 0 Å². The molecule has 2 fully saturated rings. The number of nitrogens with zero attached hydrogens (tertiary/aromatic N) is 5. The average Bonchev–Trinajstić information content (AvgIpc) is 2.88. The standard InChI is InChI=1S/C27H27Cl2N5/c28-21-15-19-3-1-7-30-26(19)24(17-21)33-9-5-23(6-10-33)32-11-13-34(14-12-32)25-18-22(29)16-20-4-2-8-31-27(20)25/h1-4,7-8,15-18,23H,5-6,9-14H2. The monoisotopic (exact) mass is 491 g/mol. The van der Waals surface area contributed by atoms with E-state index in [0.29, 0.717) is 6.04 Å². The SMILES string of the molecule is Clc1cc(N2CCC(N3CCN(c4cc(Cl)cc5cccnc45)CC3)CC2)c2ncccc2c1. The van der Waals surface area contributed by atoms with E-state index < -0.39 is 0 Å². The first-order valence-corrected chi connectivity index (χ1v) is 12.7. The summed E-state index contributed by atoms with van der Waals surface area (Å²) in [7, 11) is 0. The van der Waals surface area contributed by atoms with Crippen LogP contribution in [0.5, 0.6) is 0 Å². The van der Waals surface area contributed by atoms with E-state index in [0.717, 1.165) is 95.3 Å². The normalized spacial score (nSPS) is 18.2. The van der Waals surface area contributed by atoms with E-state index in [4.69, 9.17) is 23.2 Å². The van der Waals surface area contributed by atoms with E-state index in [1.54, 1.807) is 0 Å². The number of piperazine rings is 1. The third-order valence-corrected chi connectivity index (χ3v) is 7.71. The maximum Gasteiger partial charge on any atom is 0.0936 e. The number of hydrogen-bond donors (Lipinski definition) is 0. The van der Waals surface area contributed by atoms with Crippen molar-refractivity contribution in [2.45, 2.75) is 18.9 Å². The number of hydrogen-bond acceptors (Lipinski definition) is 5. The van der Waals surface area contributed by atoms with Crippen LogP contribution in [-0.2, 0) is 0 Å². The lowest BCUT2D eigenvalue weighted by atomic mass is 10.0. The Balaban J connectivity index is 1.12. The zero-order chi connectivity index (χ0) is 23.1. The predicted molar refractivity (Wildman–Crippen MR) is 143 cm³/mol. The Kier molecular flexibility index (Phi) is 5.94. The van der Waals surface area contributed by atoms with Crippen molar-refractivity contribution in [3.8, 4) is 0 Å². The third kappa shape index (κ3) is 4.17. The molecule has 34 heavy (non-hydrogen) atoms. The van der Waals surface area contributed by atoms with Gasteiger partial charge in [0.2, 0.25) is 0 Å². The van der Waals surface area contributed by atoms with Gasteiger partial charge in [0.1, 0.15) is 0 Å². The summed E-state index contributed by atoms with van der Waals surface area (Å²) in [5.74, 6) is 0. The van der Waals surface area contributed by atoms with Crippen LogP contribution in [0.3, 0.4) is 0 Å². The maximum atomic E-state index is 6.42. The molecule has 2 aliphatic rings. The molecule has 2 aromatic heterocycles. The van der Waals surface area contributed by atoms with Gasteiger partial charge in [0.25, 0.3) is 0 Å². The van der Waals surface area contributed by atoms with Gasteiger partial charge in [-0.05, 0) is 49.2 Å². The fourth-order valence-electron chi connectivity index (χ4n) is 5.56. The van der Waals surface area contributed by atoms with Crippen molar-refractivity contribution >= 4 is 56.4 Å². The highest BCUT2D eigenvalue weighted by Crippen LogP contribution is 2.33. The third-order valence-electron chi connectivity index (χ3n) is 7.28. The Morgan fingerprint density at radius 2 is 1.15 bits per heavy atom. The summed E-state index contributed by atoms with van der Waals surface area (Å²) in [6.07, 6.45) is 6.04. The largest absolute Gasteiger partial charge is 0.370 e. The molecule has 0 radical (unpaired) electrons. The molecule has 0 amide bonds. The van der Waals surface area contributed by atoms with E-state index in [1.165, 1.54) is 0 Å². The molecule has 4 aromatic rings.